The molecule has 14 aromatic rings. The Morgan fingerprint density at radius 2 is 0.920 bits per heavy atom. The summed E-state index contributed by atoms with van der Waals surface area (Å²) in [5.41, 5.74) is 13.4. The maximum Gasteiger partial charge on any atom is 0.236 e. The van der Waals surface area contributed by atoms with E-state index >= 15 is 0 Å². The maximum atomic E-state index is 11.6. The SMILES string of the molecule is CCCOc1c(Cl)cc(-n2ccc3cc(-c4ccc(CCS(C)(=O)=O)cc4)ccc32)cc1C#N.CCCOc1c(Cl)cc(-n2ccc3cc(OC4CC5(C4)CN(S(C)(=O)=O)C5)ccc32)cc1C#N.CCCOc1c(Cl)cc(-n2ccc3cc(OCC4CC5(C4)CN(S(C)(=O)=O)C5)ccc32)cc1C#N.CS(=O)(=O)Nc1ncc(Cn2cc3c(-c4cc(Cl)c(OCCCl)c(C#N)c4)cccc3n2)cn1. The number of sulfone groups is 1. The van der Waals surface area contributed by atoms with E-state index in [9.17, 15) is 54.7 Å². The molecule has 5 aromatic heterocycles. The van der Waals surface area contributed by atoms with Crippen molar-refractivity contribution in [3.8, 4) is 98.1 Å². The molecule has 2 aliphatic heterocycles. The van der Waals surface area contributed by atoms with Gasteiger partial charge in [-0.1, -0.05) is 110 Å². The fraction of sp³-hybridized carbons (Fsp3) is 0.310. The Morgan fingerprint density at radius 3 is 1.39 bits per heavy atom. The first-order valence-corrected chi connectivity index (χ1v) is 53.8. The molecule has 137 heavy (non-hydrogen) atoms. The van der Waals surface area contributed by atoms with Gasteiger partial charge < -0.3 is 42.1 Å². The lowest BCUT2D eigenvalue weighted by Gasteiger charge is -2.58. The fourth-order valence-corrected chi connectivity index (χ4v) is 21.7. The number of fused-ring (bicyclic) bond motifs is 4. The molecule has 0 atom stereocenters. The number of alkyl halides is 1. The van der Waals surface area contributed by atoms with Gasteiger partial charge in [-0.3, -0.25) is 9.40 Å². The lowest BCUT2D eigenvalue weighted by atomic mass is 9.59. The number of aromatic nitrogens is 7. The summed E-state index contributed by atoms with van der Waals surface area (Å²) in [4.78, 5) is 8.06. The molecule has 1 N–H and O–H groups in total. The number of sulfonamides is 3. The standard InChI is InChI=1S/C27H25ClN2O3S.C26H28ClN3O4S.C25H26ClN3O4S.C22H18Cl2N6O3S/c1-3-13-33-27-23(18-29)16-24(17-25(27)28)30-12-10-22-15-21(8-9-26(22)30)20-6-4-19(5-7-20)11-14-34(2,31)32;1-3-8-33-25-20(14-28)9-21(11-23(25)27)30-7-6-19-10-22(4-5-24(19)30)34-15-18-12-26(13-18)16-29(17-26)35(2,31)32;1-3-8-32-24-18(14-27)9-19(11-22(24)26)29-7-6-17-10-20(4-5-23(17)29)33-21-12-25(13-21)15-28(16-25)34(2,30)31;1-34(31,32)29-22-26-10-14(11-27-22)12-30-13-18-17(3-2-4-20(18)28-30)15-7-16(9-25)21(19(24)8-15)33-6-5-23/h4-10,12,15-17H,3,11,13-14H2,1-2H3;4-7,9-11,18H,3,8,12-13,15-17H2,1-2H3;4-7,9-11,21H,3,8,12-13,15-16H2,1-2H3;2-4,7-8,10-11,13H,5-6,12H2,1H3,(H,26,27,29). The second kappa shape index (κ2) is 42.1. The Bertz CT molecular complexity index is 7570. The van der Waals surface area contributed by atoms with E-state index in [2.05, 4.69) is 56.2 Å². The van der Waals surface area contributed by atoms with Gasteiger partial charge in [0.1, 0.15) is 52.2 Å². The summed E-state index contributed by atoms with van der Waals surface area (Å²) >= 11 is 31.5. The number of nitrogens with zero attached hydrogens (tertiary/aromatic N) is 13. The van der Waals surface area contributed by atoms with Crippen molar-refractivity contribution in [3.63, 3.8) is 0 Å². The number of anilines is 1. The average Bonchev–Trinajstić information content (AvgIpc) is 1.01. The van der Waals surface area contributed by atoms with Crippen LogP contribution in [0.4, 0.5) is 5.95 Å². The van der Waals surface area contributed by atoms with Crippen LogP contribution in [0, 0.1) is 62.1 Å². The Labute approximate surface area is 820 Å². The number of nitrogens with one attached hydrogen (secondary N) is 1. The van der Waals surface area contributed by atoms with Gasteiger partial charge in [-0.05, 0) is 212 Å². The van der Waals surface area contributed by atoms with Crippen LogP contribution in [-0.2, 0) is 52.9 Å². The molecular weight excluding hydrogens is 1930 g/mol. The molecule has 7 heterocycles. The van der Waals surface area contributed by atoms with Crippen LogP contribution in [0.2, 0.25) is 20.1 Å². The second-order valence-electron chi connectivity index (χ2n) is 34.8. The van der Waals surface area contributed by atoms with Crippen molar-refractivity contribution in [2.24, 2.45) is 16.7 Å². The van der Waals surface area contributed by atoms with Gasteiger partial charge in [0.25, 0.3) is 0 Å². The molecule has 0 bridgehead atoms. The van der Waals surface area contributed by atoms with Crippen molar-refractivity contribution in [3.05, 3.63) is 254 Å². The molecule has 18 rings (SSSR count). The van der Waals surface area contributed by atoms with E-state index in [4.69, 9.17) is 86.4 Å². The Hall–Kier alpha value is -12.1. The van der Waals surface area contributed by atoms with Gasteiger partial charge in [0.05, 0.1) is 134 Å². The molecule has 0 unspecified atom stereocenters. The average molecular weight is 2020 g/mol. The van der Waals surface area contributed by atoms with Crippen LogP contribution in [0.1, 0.15) is 99.1 Å². The first-order valence-electron chi connectivity index (χ1n) is 44.1. The molecule has 2 aliphatic carbocycles. The number of nitriles is 4. The molecule has 0 amide bonds. The number of ether oxygens (including phenoxy) is 6. The molecule has 2 spiro atoms. The Morgan fingerprint density at radius 1 is 0.474 bits per heavy atom. The van der Waals surface area contributed by atoms with Crippen molar-refractivity contribution in [1.29, 1.82) is 21.0 Å². The minimum Gasteiger partial charge on any atom is -0.493 e. The van der Waals surface area contributed by atoms with Crippen LogP contribution in [0.25, 0.3) is 82.9 Å². The summed E-state index contributed by atoms with van der Waals surface area (Å²) in [5.74, 6) is 4.07. The molecule has 37 heteroatoms. The van der Waals surface area contributed by atoms with E-state index < -0.39 is 39.9 Å². The van der Waals surface area contributed by atoms with Gasteiger partial charge in [-0.2, -0.15) is 26.1 Å². The van der Waals surface area contributed by atoms with Crippen molar-refractivity contribution >= 4 is 147 Å². The fourth-order valence-electron chi connectivity index (χ4n) is 17.5. The normalized spacial score (nSPS) is 15.0. The van der Waals surface area contributed by atoms with Crippen LogP contribution in [0.15, 0.2) is 201 Å². The van der Waals surface area contributed by atoms with Gasteiger partial charge in [-0.25, -0.2) is 52.2 Å². The van der Waals surface area contributed by atoms with Gasteiger partial charge in [0.2, 0.25) is 36.0 Å². The topological polar surface area (TPSA) is 364 Å². The third-order valence-electron chi connectivity index (χ3n) is 24.0. The minimum absolute atomic E-state index is 0.00260. The number of hydrogen-bond acceptors (Lipinski definition) is 21. The summed E-state index contributed by atoms with van der Waals surface area (Å²) in [7, 11) is -12.6. The smallest absolute Gasteiger partial charge is 0.236 e. The lowest BCUT2D eigenvalue weighted by molar-refractivity contribution is -0.0868. The summed E-state index contributed by atoms with van der Waals surface area (Å²) in [6.07, 6.45) is 22.5. The third kappa shape index (κ3) is 23.5. The van der Waals surface area contributed by atoms with Gasteiger partial charge in [0, 0.05) is 119 Å². The summed E-state index contributed by atoms with van der Waals surface area (Å²) in [6, 6.07) is 60.8. The zero-order valence-corrected chi connectivity index (χ0v) is 82.9. The largest absolute Gasteiger partial charge is 0.493 e. The van der Waals surface area contributed by atoms with Crippen molar-refractivity contribution in [1.82, 2.24) is 42.1 Å². The third-order valence-corrected chi connectivity index (χ3v) is 29.1. The highest BCUT2D eigenvalue weighted by atomic mass is 35.5. The first kappa shape index (κ1) is 99.4. The Balaban J connectivity index is 0.000000139. The quantitative estimate of drug-likeness (QED) is 0.0394. The number of hydrogen-bond donors (Lipinski definition) is 1. The summed E-state index contributed by atoms with van der Waals surface area (Å²) < 4.78 is 140. The zero-order valence-electron chi connectivity index (χ0n) is 75.9. The molecule has 2 saturated carbocycles. The molecule has 4 aliphatic rings. The maximum absolute atomic E-state index is 11.6. The molecule has 9 aromatic carbocycles. The predicted molar refractivity (Wildman–Crippen MR) is 535 cm³/mol. The van der Waals surface area contributed by atoms with E-state index in [1.54, 1.807) is 39.3 Å². The molecule has 2 saturated heterocycles. The monoisotopic (exact) mass is 2020 g/mol. The van der Waals surface area contributed by atoms with E-state index in [1.807, 2.05) is 181 Å². The van der Waals surface area contributed by atoms with Gasteiger partial charge in [0.15, 0.2) is 23.0 Å². The van der Waals surface area contributed by atoms with E-state index in [-0.39, 0.29) is 41.1 Å². The van der Waals surface area contributed by atoms with Crippen molar-refractivity contribution in [2.75, 3.05) is 101 Å². The van der Waals surface area contributed by atoms with Crippen LogP contribution >= 0.6 is 58.0 Å². The van der Waals surface area contributed by atoms with Gasteiger partial charge in [-0.15, -0.1) is 11.6 Å². The van der Waals surface area contributed by atoms with E-state index in [1.165, 1.54) is 35.5 Å². The van der Waals surface area contributed by atoms with E-state index in [0.717, 1.165) is 157 Å². The van der Waals surface area contributed by atoms with Gasteiger partial charge >= 0.3 is 0 Å². The predicted octanol–water partition coefficient (Wildman–Crippen LogP) is 20.0. The van der Waals surface area contributed by atoms with Crippen LogP contribution in [0.3, 0.4) is 0 Å². The summed E-state index contributed by atoms with van der Waals surface area (Å²) in [6.45, 7) is 11.3. The lowest BCUT2D eigenvalue weighted by Crippen LogP contribution is -2.65. The van der Waals surface area contributed by atoms with Crippen LogP contribution in [-0.4, -0.2) is 178 Å². The molecular formula is C100H97Cl5N14O14S4. The molecule has 4 fully saturated rings. The van der Waals surface area contributed by atoms with Crippen molar-refractivity contribution in [2.45, 2.75) is 84.8 Å². The first-order chi connectivity index (χ1) is 65.5. The highest BCUT2D eigenvalue weighted by molar-refractivity contribution is 7.92. The minimum atomic E-state index is -3.45. The number of rotatable bonds is 31. The molecule has 28 nitrogen and oxygen atoms in total. The highest BCUT2D eigenvalue weighted by Gasteiger charge is 2.56. The van der Waals surface area contributed by atoms with E-state index in [0.29, 0.717) is 137 Å². The second-order valence-corrected chi connectivity index (χ2v) is 44.8. The number of halogens is 5. The summed E-state index contributed by atoms with van der Waals surface area (Å²) in [5, 5.41) is 48.5. The van der Waals surface area contributed by atoms with Crippen LogP contribution < -0.4 is 33.1 Å². The highest BCUT2D eigenvalue weighted by Crippen LogP contribution is 2.54. The zero-order chi connectivity index (χ0) is 97.5. The van der Waals surface area contributed by atoms with Crippen molar-refractivity contribution < 1.29 is 62.1 Å². The Kier molecular flexibility index (Phi) is 30.5. The number of benzene rings is 9. The molecule has 0 radical (unpaired) electrons. The molecule has 710 valence electrons. The number of aryl methyl sites for hydroxylation is 1. The van der Waals surface area contributed by atoms with Crippen LogP contribution in [0.5, 0.6) is 34.5 Å².